The maximum absolute atomic E-state index is 13.1. The van der Waals surface area contributed by atoms with Crippen LogP contribution in [0, 0.1) is 6.92 Å². The fraction of sp³-hybridized carbons (Fsp3) is 0.421. The third-order valence-corrected chi connectivity index (χ3v) is 4.63. The zero-order valence-electron chi connectivity index (χ0n) is 15.2. The van der Waals surface area contributed by atoms with Gasteiger partial charge in [0, 0.05) is 23.4 Å². The molecule has 1 N–H and O–H groups in total. The van der Waals surface area contributed by atoms with Gasteiger partial charge in [0.05, 0.1) is 13.2 Å². The highest BCUT2D eigenvalue weighted by atomic mass is 16.5. The molecule has 1 aliphatic heterocycles. The lowest BCUT2D eigenvalue weighted by Crippen LogP contribution is -2.43. The summed E-state index contributed by atoms with van der Waals surface area (Å²) >= 11 is 0. The van der Waals surface area contributed by atoms with E-state index in [1.807, 2.05) is 45.0 Å². The van der Waals surface area contributed by atoms with Crippen LogP contribution in [0.3, 0.4) is 0 Å². The van der Waals surface area contributed by atoms with Gasteiger partial charge in [0.25, 0.3) is 5.91 Å². The molecule has 1 aromatic carbocycles. The van der Waals surface area contributed by atoms with Gasteiger partial charge in [0.15, 0.2) is 0 Å². The first kappa shape index (κ1) is 16.8. The van der Waals surface area contributed by atoms with Crippen molar-refractivity contribution in [1.29, 1.82) is 0 Å². The van der Waals surface area contributed by atoms with E-state index in [0.717, 1.165) is 16.5 Å². The van der Waals surface area contributed by atoms with Crippen LogP contribution in [0.2, 0.25) is 0 Å². The molecular formula is C19H22N4O3. The Morgan fingerprint density at radius 3 is 2.92 bits per heavy atom. The molecule has 26 heavy (non-hydrogen) atoms. The Balaban J connectivity index is 1.64. The number of aromatic amines is 1. The second-order valence-corrected chi connectivity index (χ2v) is 7.00. The maximum atomic E-state index is 13.1. The molecule has 3 aromatic rings. The standard InChI is InChI=1S/C19H22N4O3/c1-11(2)17-21-22-18(26-17)16-10-25-7-6-23(16)19(24)15-9-13-5-4-12(3)8-14(13)20-15/h4-5,8-9,11,16,20H,6-7,10H2,1-3H3. The Hall–Kier alpha value is -2.67. The van der Waals surface area contributed by atoms with Gasteiger partial charge in [-0.25, -0.2) is 0 Å². The van der Waals surface area contributed by atoms with Crippen LogP contribution in [-0.4, -0.2) is 45.7 Å². The van der Waals surface area contributed by atoms with Crippen LogP contribution in [0.5, 0.6) is 0 Å². The number of benzene rings is 1. The van der Waals surface area contributed by atoms with E-state index in [1.54, 1.807) is 4.90 Å². The van der Waals surface area contributed by atoms with Crippen molar-refractivity contribution >= 4 is 16.8 Å². The zero-order valence-corrected chi connectivity index (χ0v) is 15.2. The van der Waals surface area contributed by atoms with Crippen LogP contribution in [0.4, 0.5) is 0 Å². The van der Waals surface area contributed by atoms with E-state index in [9.17, 15) is 4.79 Å². The molecule has 0 saturated carbocycles. The predicted molar refractivity (Wildman–Crippen MR) is 96.0 cm³/mol. The number of H-pyrrole nitrogens is 1. The summed E-state index contributed by atoms with van der Waals surface area (Å²) < 4.78 is 11.3. The van der Waals surface area contributed by atoms with Gasteiger partial charge in [-0.3, -0.25) is 4.79 Å². The molecule has 1 fully saturated rings. The smallest absolute Gasteiger partial charge is 0.271 e. The first-order valence-electron chi connectivity index (χ1n) is 8.84. The van der Waals surface area contributed by atoms with E-state index in [-0.39, 0.29) is 17.9 Å². The maximum Gasteiger partial charge on any atom is 0.271 e. The summed E-state index contributed by atoms with van der Waals surface area (Å²) in [4.78, 5) is 18.1. The molecule has 4 rings (SSSR count). The van der Waals surface area contributed by atoms with Gasteiger partial charge in [0.2, 0.25) is 11.8 Å². The van der Waals surface area contributed by atoms with E-state index < -0.39 is 0 Å². The number of carbonyl (C=O) groups is 1. The van der Waals surface area contributed by atoms with Crippen LogP contribution >= 0.6 is 0 Å². The van der Waals surface area contributed by atoms with Gasteiger partial charge >= 0.3 is 0 Å². The van der Waals surface area contributed by atoms with Gasteiger partial charge in [-0.1, -0.05) is 26.0 Å². The molecule has 0 aliphatic carbocycles. The summed E-state index contributed by atoms with van der Waals surface area (Å²) in [6.45, 7) is 7.34. The number of nitrogens with one attached hydrogen (secondary N) is 1. The van der Waals surface area contributed by atoms with E-state index >= 15 is 0 Å². The summed E-state index contributed by atoms with van der Waals surface area (Å²) in [5.41, 5.74) is 2.66. The van der Waals surface area contributed by atoms with Gasteiger partial charge < -0.3 is 19.0 Å². The average molecular weight is 354 g/mol. The second kappa shape index (κ2) is 6.57. The Kier molecular flexibility index (Phi) is 4.24. The lowest BCUT2D eigenvalue weighted by atomic mass is 10.2. The van der Waals surface area contributed by atoms with Crippen molar-refractivity contribution < 1.29 is 13.9 Å². The Morgan fingerprint density at radius 1 is 1.31 bits per heavy atom. The summed E-state index contributed by atoms with van der Waals surface area (Å²) in [7, 11) is 0. The summed E-state index contributed by atoms with van der Waals surface area (Å²) in [6, 6.07) is 7.60. The number of aryl methyl sites for hydroxylation is 1. The van der Waals surface area contributed by atoms with Gasteiger partial charge in [-0.2, -0.15) is 0 Å². The topological polar surface area (TPSA) is 84.2 Å². The van der Waals surface area contributed by atoms with Crippen LogP contribution in [0.15, 0.2) is 28.7 Å². The molecule has 136 valence electrons. The molecule has 0 bridgehead atoms. The van der Waals surface area contributed by atoms with Crippen LogP contribution < -0.4 is 0 Å². The van der Waals surface area contributed by atoms with Crippen LogP contribution in [0.25, 0.3) is 10.9 Å². The van der Waals surface area contributed by atoms with Crippen molar-refractivity contribution in [2.45, 2.75) is 32.7 Å². The van der Waals surface area contributed by atoms with Crippen molar-refractivity contribution in [3.63, 3.8) is 0 Å². The number of ether oxygens (including phenoxy) is 1. The number of aromatic nitrogens is 3. The molecule has 1 amide bonds. The molecule has 7 nitrogen and oxygen atoms in total. The van der Waals surface area contributed by atoms with Gasteiger partial charge in [0.1, 0.15) is 11.7 Å². The Bertz CT molecular complexity index is 943. The summed E-state index contributed by atoms with van der Waals surface area (Å²) in [5.74, 6) is 1.05. The molecule has 1 unspecified atom stereocenters. The lowest BCUT2D eigenvalue weighted by molar-refractivity contribution is -0.0110. The number of hydrogen-bond donors (Lipinski definition) is 1. The van der Waals surface area contributed by atoms with E-state index in [0.29, 0.717) is 37.2 Å². The molecule has 7 heteroatoms. The monoisotopic (exact) mass is 354 g/mol. The fourth-order valence-electron chi connectivity index (χ4n) is 3.18. The first-order valence-corrected chi connectivity index (χ1v) is 8.84. The molecule has 0 spiro atoms. The molecule has 1 saturated heterocycles. The molecule has 1 aliphatic rings. The highest BCUT2D eigenvalue weighted by Crippen LogP contribution is 2.27. The van der Waals surface area contributed by atoms with Crippen LogP contribution in [0.1, 0.15) is 53.6 Å². The van der Waals surface area contributed by atoms with E-state index in [2.05, 4.69) is 15.2 Å². The SMILES string of the molecule is Cc1ccc2cc(C(=O)N3CCOCC3c3nnc(C(C)C)o3)[nH]c2c1. The third kappa shape index (κ3) is 2.99. The number of rotatable bonds is 3. The van der Waals surface area contributed by atoms with Crippen molar-refractivity contribution in [2.24, 2.45) is 0 Å². The lowest BCUT2D eigenvalue weighted by Gasteiger charge is -2.33. The number of carbonyl (C=O) groups excluding carboxylic acids is 1. The average Bonchev–Trinajstić information content (AvgIpc) is 3.28. The first-order chi connectivity index (χ1) is 12.5. The van der Waals surface area contributed by atoms with Gasteiger partial charge in [-0.05, 0) is 24.6 Å². The minimum Gasteiger partial charge on any atom is -0.423 e. The highest BCUT2D eigenvalue weighted by Gasteiger charge is 2.34. The highest BCUT2D eigenvalue weighted by molar-refractivity contribution is 5.98. The minimum atomic E-state index is -0.371. The van der Waals surface area contributed by atoms with Crippen LogP contribution in [-0.2, 0) is 4.74 Å². The van der Waals surface area contributed by atoms with E-state index in [1.165, 1.54) is 0 Å². The summed E-state index contributed by atoms with van der Waals surface area (Å²) in [5, 5.41) is 9.24. The number of hydrogen-bond acceptors (Lipinski definition) is 5. The third-order valence-electron chi connectivity index (χ3n) is 4.63. The Labute approximate surface area is 151 Å². The number of amides is 1. The van der Waals surface area contributed by atoms with Crippen molar-refractivity contribution in [3.8, 4) is 0 Å². The predicted octanol–water partition coefficient (Wildman–Crippen LogP) is 3.20. The molecule has 3 heterocycles. The van der Waals surface area contributed by atoms with E-state index in [4.69, 9.17) is 9.15 Å². The van der Waals surface area contributed by atoms with Gasteiger partial charge in [-0.15, -0.1) is 10.2 Å². The zero-order chi connectivity index (χ0) is 18.3. The van der Waals surface area contributed by atoms with Crippen molar-refractivity contribution in [3.05, 3.63) is 47.3 Å². The largest absolute Gasteiger partial charge is 0.423 e. The normalized spacial score (nSPS) is 18.0. The molecular weight excluding hydrogens is 332 g/mol. The molecule has 1 atom stereocenters. The van der Waals surface area contributed by atoms with Crippen molar-refractivity contribution in [1.82, 2.24) is 20.1 Å². The molecule has 2 aromatic heterocycles. The number of nitrogens with zero attached hydrogens (tertiary/aromatic N) is 3. The number of fused-ring (bicyclic) bond motifs is 1. The Morgan fingerprint density at radius 2 is 2.15 bits per heavy atom. The minimum absolute atomic E-state index is 0.0866. The second-order valence-electron chi connectivity index (χ2n) is 7.00. The fourth-order valence-corrected chi connectivity index (χ4v) is 3.18. The number of morpholine rings is 1. The quantitative estimate of drug-likeness (QED) is 0.781. The molecule has 0 radical (unpaired) electrons. The van der Waals surface area contributed by atoms with Crippen molar-refractivity contribution in [2.75, 3.05) is 19.8 Å². The summed E-state index contributed by atoms with van der Waals surface area (Å²) in [6.07, 6.45) is 0.